The Morgan fingerprint density at radius 1 is 1.13 bits per heavy atom. The minimum absolute atomic E-state index is 0.365. The molecule has 0 atom stereocenters. The van der Waals surface area contributed by atoms with Gasteiger partial charge >= 0.3 is 0 Å². The van der Waals surface area contributed by atoms with E-state index in [-0.39, 0.29) is 5.91 Å². The van der Waals surface area contributed by atoms with Crippen LogP contribution in [0.2, 0.25) is 10.0 Å². The zero-order valence-corrected chi connectivity index (χ0v) is 13.5. The van der Waals surface area contributed by atoms with Gasteiger partial charge < -0.3 is 5.32 Å². The summed E-state index contributed by atoms with van der Waals surface area (Å²) in [6.45, 7) is 1.74. The molecule has 6 heteroatoms. The van der Waals surface area contributed by atoms with E-state index in [1.54, 1.807) is 31.2 Å². The van der Waals surface area contributed by atoms with Crippen molar-refractivity contribution in [1.82, 2.24) is 4.98 Å². The largest absolute Gasteiger partial charge is 0.321 e. The molecule has 0 radical (unpaired) electrons. The summed E-state index contributed by atoms with van der Waals surface area (Å²) in [5, 5.41) is 4.13. The molecule has 1 amide bonds. The highest BCUT2D eigenvalue weighted by atomic mass is 35.5. The van der Waals surface area contributed by atoms with Gasteiger partial charge in [-0.15, -0.1) is 0 Å². The van der Waals surface area contributed by atoms with E-state index < -0.39 is 5.82 Å². The van der Waals surface area contributed by atoms with Crippen LogP contribution in [0.15, 0.2) is 42.5 Å². The molecule has 3 aromatic rings. The van der Waals surface area contributed by atoms with E-state index in [0.717, 1.165) is 0 Å². The number of carbonyl (C=O) groups excluding carboxylic acids is 1. The lowest BCUT2D eigenvalue weighted by Crippen LogP contribution is -2.13. The molecule has 23 heavy (non-hydrogen) atoms. The summed E-state index contributed by atoms with van der Waals surface area (Å²) in [4.78, 5) is 16.8. The molecule has 0 fully saturated rings. The Labute approximate surface area is 142 Å². The molecule has 0 unspecified atom stereocenters. The van der Waals surface area contributed by atoms with Crippen molar-refractivity contribution in [2.75, 3.05) is 5.32 Å². The maximum Gasteiger partial charge on any atom is 0.256 e. The smallest absolute Gasteiger partial charge is 0.256 e. The second-order valence-electron chi connectivity index (χ2n) is 5.05. The lowest BCUT2D eigenvalue weighted by molar-refractivity contribution is 0.102. The average Bonchev–Trinajstić information content (AvgIpc) is 2.49. The number of aryl methyl sites for hydroxylation is 1. The molecule has 0 aliphatic rings. The third-order valence-electron chi connectivity index (χ3n) is 3.32. The number of aromatic nitrogens is 1. The van der Waals surface area contributed by atoms with Crippen molar-refractivity contribution in [2.45, 2.75) is 6.92 Å². The molecule has 0 aliphatic heterocycles. The van der Waals surface area contributed by atoms with Gasteiger partial charge in [-0.25, -0.2) is 4.39 Å². The van der Waals surface area contributed by atoms with Gasteiger partial charge in [0.2, 0.25) is 0 Å². The number of amides is 1. The first kappa shape index (κ1) is 15.7. The summed E-state index contributed by atoms with van der Waals surface area (Å²) >= 11 is 12.0. The molecule has 3 nitrogen and oxygen atoms in total. The lowest BCUT2D eigenvalue weighted by Gasteiger charge is -2.10. The molecule has 2 aromatic carbocycles. The van der Waals surface area contributed by atoms with Gasteiger partial charge in [0.1, 0.15) is 5.82 Å². The van der Waals surface area contributed by atoms with Crippen molar-refractivity contribution in [3.63, 3.8) is 0 Å². The second kappa shape index (κ2) is 6.14. The fraction of sp³-hybridized carbons (Fsp3) is 0.0588. The van der Waals surface area contributed by atoms with Gasteiger partial charge in [-0.3, -0.25) is 9.78 Å². The molecule has 0 bridgehead atoms. The quantitative estimate of drug-likeness (QED) is 0.687. The maximum atomic E-state index is 13.4. The predicted octanol–water partition coefficient (Wildman–Crippen LogP) is 5.24. The van der Waals surface area contributed by atoms with Crippen LogP contribution in [0.4, 0.5) is 10.1 Å². The van der Waals surface area contributed by atoms with Crippen molar-refractivity contribution < 1.29 is 9.18 Å². The van der Waals surface area contributed by atoms with E-state index in [1.807, 2.05) is 0 Å². The average molecular weight is 349 g/mol. The number of anilines is 1. The van der Waals surface area contributed by atoms with Gasteiger partial charge in [0.25, 0.3) is 5.91 Å². The third kappa shape index (κ3) is 3.28. The number of hydrogen-bond acceptors (Lipinski definition) is 2. The second-order valence-corrected chi connectivity index (χ2v) is 5.89. The molecular weight excluding hydrogens is 338 g/mol. The van der Waals surface area contributed by atoms with Gasteiger partial charge in [0, 0.05) is 22.2 Å². The van der Waals surface area contributed by atoms with Crippen LogP contribution in [0.1, 0.15) is 16.1 Å². The Balaban J connectivity index is 2.05. The molecule has 1 heterocycles. The van der Waals surface area contributed by atoms with Gasteiger partial charge in [-0.2, -0.15) is 0 Å². The van der Waals surface area contributed by atoms with Crippen LogP contribution in [0, 0.1) is 12.7 Å². The van der Waals surface area contributed by atoms with Gasteiger partial charge in [-0.1, -0.05) is 23.2 Å². The summed E-state index contributed by atoms with van der Waals surface area (Å²) in [6, 6.07) is 10.6. The van der Waals surface area contributed by atoms with Gasteiger partial charge in [0.15, 0.2) is 0 Å². The van der Waals surface area contributed by atoms with Crippen LogP contribution in [-0.4, -0.2) is 10.9 Å². The summed E-state index contributed by atoms with van der Waals surface area (Å²) < 4.78 is 13.4. The monoisotopic (exact) mass is 348 g/mol. The minimum atomic E-state index is -0.403. The molecule has 3 rings (SSSR count). The number of nitrogens with one attached hydrogen (secondary N) is 1. The third-order valence-corrected chi connectivity index (χ3v) is 3.89. The normalized spacial score (nSPS) is 10.8. The predicted molar refractivity (Wildman–Crippen MR) is 90.9 cm³/mol. The molecule has 0 spiro atoms. The van der Waals surface area contributed by atoms with Crippen LogP contribution in [0.5, 0.6) is 0 Å². The van der Waals surface area contributed by atoms with Crippen LogP contribution in [0.25, 0.3) is 10.9 Å². The van der Waals surface area contributed by atoms with Crippen molar-refractivity contribution in [3.8, 4) is 0 Å². The van der Waals surface area contributed by atoms with Crippen LogP contribution in [0.3, 0.4) is 0 Å². The molecule has 1 aromatic heterocycles. The van der Waals surface area contributed by atoms with Crippen molar-refractivity contribution in [1.29, 1.82) is 0 Å². The fourth-order valence-electron chi connectivity index (χ4n) is 2.30. The van der Waals surface area contributed by atoms with E-state index in [9.17, 15) is 9.18 Å². The first-order chi connectivity index (χ1) is 10.9. The van der Waals surface area contributed by atoms with E-state index in [4.69, 9.17) is 23.2 Å². The highest BCUT2D eigenvalue weighted by Gasteiger charge is 2.14. The number of pyridine rings is 1. The van der Waals surface area contributed by atoms with Crippen LogP contribution in [-0.2, 0) is 0 Å². The van der Waals surface area contributed by atoms with Crippen LogP contribution >= 0.6 is 23.2 Å². The Kier molecular flexibility index (Phi) is 4.20. The number of rotatable bonds is 2. The van der Waals surface area contributed by atoms with Crippen molar-refractivity contribution in [3.05, 3.63) is 69.6 Å². The maximum absolute atomic E-state index is 13.4. The summed E-state index contributed by atoms with van der Waals surface area (Å²) in [5.41, 5.74) is 1.84. The highest BCUT2D eigenvalue weighted by Crippen LogP contribution is 2.27. The number of carbonyl (C=O) groups is 1. The number of halogens is 3. The number of fused-ring (bicyclic) bond motifs is 1. The number of hydrogen-bond donors (Lipinski definition) is 1. The Morgan fingerprint density at radius 3 is 2.70 bits per heavy atom. The minimum Gasteiger partial charge on any atom is -0.321 e. The molecule has 0 saturated carbocycles. The van der Waals surface area contributed by atoms with Crippen molar-refractivity contribution >= 4 is 45.7 Å². The summed E-state index contributed by atoms with van der Waals surface area (Å²) in [7, 11) is 0. The van der Waals surface area contributed by atoms with Crippen molar-refractivity contribution in [2.24, 2.45) is 0 Å². The first-order valence-corrected chi connectivity index (χ1v) is 7.53. The Morgan fingerprint density at radius 2 is 1.91 bits per heavy atom. The summed E-state index contributed by atoms with van der Waals surface area (Å²) in [6.07, 6.45) is 0. The molecular formula is C17H11Cl2FN2O. The zero-order chi connectivity index (χ0) is 16.6. The molecule has 0 saturated heterocycles. The van der Waals surface area contributed by atoms with Gasteiger partial charge in [0.05, 0.1) is 21.8 Å². The molecule has 0 aliphatic carbocycles. The lowest BCUT2D eigenvalue weighted by atomic mass is 10.1. The SMILES string of the molecule is Cc1cc(C(=O)Nc2cc(Cl)ccc2Cl)c2ccc(F)cc2n1. The van der Waals surface area contributed by atoms with E-state index >= 15 is 0 Å². The Hall–Kier alpha value is -2.17. The fourth-order valence-corrected chi connectivity index (χ4v) is 2.64. The molecule has 116 valence electrons. The van der Waals surface area contributed by atoms with E-state index in [0.29, 0.717) is 37.9 Å². The van der Waals surface area contributed by atoms with Gasteiger partial charge in [-0.05, 0) is 43.3 Å². The number of benzene rings is 2. The van der Waals surface area contributed by atoms with E-state index in [2.05, 4.69) is 10.3 Å². The number of nitrogens with zero attached hydrogens (tertiary/aromatic N) is 1. The standard InChI is InChI=1S/C17H11Cl2FN2O/c1-9-6-13(12-4-3-11(20)8-15(12)21-9)17(23)22-16-7-10(18)2-5-14(16)19/h2-8H,1H3,(H,22,23). The molecule has 1 N–H and O–H groups in total. The topological polar surface area (TPSA) is 42.0 Å². The van der Waals surface area contributed by atoms with Crippen LogP contribution < -0.4 is 5.32 Å². The highest BCUT2D eigenvalue weighted by molar-refractivity contribution is 6.36. The van der Waals surface area contributed by atoms with E-state index in [1.165, 1.54) is 18.2 Å². The first-order valence-electron chi connectivity index (χ1n) is 6.77. The Bertz CT molecular complexity index is 923. The summed E-state index contributed by atoms with van der Waals surface area (Å²) in [5.74, 6) is -0.767. The zero-order valence-electron chi connectivity index (χ0n) is 12.0.